The molecular formula is C22H25N3O3. The van der Waals surface area contributed by atoms with E-state index in [9.17, 15) is 4.79 Å². The van der Waals surface area contributed by atoms with E-state index in [1.54, 1.807) is 32.4 Å². The standard InChI is InChI=1S/C22H25N3O3/c1-14(2)16-6-8-18(9-7-16)25-15(3)10-21(24-25)23-22(26)17-11-19(27-4)13-20(12-17)28-5/h6-14H,1-5H3,(H,23,24,26). The van der Waals surface area contributed by atoms with Gasteiger partial charge in [0.25, 0.3) is 5.91 Å². The monoisotopic (exact) mass is 379 g/mol. The highest BCUT2D eigenvalue weighted by Crippen LogP contribution is 2.24. The predicted octanol–water partition coefficient (Wildman–Crippen LogP) is 4.57. The summed E-state index contributed by atoms with van der Waals surface area (Å²) in [5.41, 5.74) is 3.58. The number of carbonyl (C=O) groups is 1. The van der Waals surface area contributed by atoms with Crippen LogP contribution in [-0.2, 0) is 0 Å². The molecule has 1 heterocycles. The summed E-state index contributed by atoms with van der Waals surface area (Å²) in [5, 5.41) is 7.37. The molecule has 0 radical (unpaired) electrons. The summed E-state index contributed by atoms with van der Waals surface area (Å²) in [5.74, 6) is 1.78. The molecule has 0 atom stereocenters. The smallest absolute Gasteiger partial charge is 0.257 e. The van der Waals surface area contributed by atoms with Gasteiger partial charge in [-0.3, -0.25) is 4.79 Å². The van der Waals surface area contributed by atoms with Crippen molar-refractivity contribution in [3.63, 3.8) is 0 Å². The molecule has 0 spiro atoms. The van der Waals surface area contributed by atoms with Gasteiger partial charge < -0.3 is 14.8 Å². The number of anilines is 1. The van der Waals surface area contributed by atoms with Gasteiger partial charge in [0, 0.05) is 23.4 Å². The molecular weight excluding hydrogens is 354 g/mol. The Hall–Kier alpha value is -3.28. The van der Waals surface area contributed by atoms with Crippen LogP contribution in [0, 0.1) is 6.92 Å². The van der Waals surface area contributed by atoms with Crippen LogP contribution in [0.4, 0.5) is 5.82 Å². The molecule has 0 aliphatic carbocycles. The Labute approximate surface area is 165 Å². The Bertz CT molecular complexity index is 953. The second-order valence-corrected chi connectivity index (χ2v) is 6.88. The summed E-state index contributed by atoms with van der Waals surface area (Å²) in [6, 6.07) is 15.1. The third-order valence-corrected chi connectivity index (χ3v) is 4.55. The number of nitrogens with one attached hydrogen (secondary N) is 1. The lowest BCUT2D eigenvalue weighted by molar-refractivity contribution is 0.102. The number of benzene rings is 2. The molecule has 0 aliphatic heterocycles. The maximum absolute atomic E-state index is 12.7. The van der Waals surface area contributed by atoms with Gasteiger partial charge in [-0.25, -0.2) is 4.68 Å². The zero-order valence-electron chi connectivity index (χ0n) is 16.8. The van der Waals surface area contributed by atoms with Crippen LogP contribution < -0.4 is 14.8 Å². The first-order valence-electron chi connectivity index (χ1n) is 9.12. The van der Waals surface area contributed by atoms with Crippen molar-refractivity contribution in [2.75, 3.05) is 19.5 Å². The third-order valence-electron chi connectivity index (χ3n) is 4.55. The van der Waals surface area contributed by atoms with Gasteiger partial charge in [-0.15, -0.1) is 5.10 Å². The number of methoxy groups -OCH3 is 2. The molecule has 1 N–H and O–H groups in total. The molecule has 3 rings (SSSR count). The van der Waals surface area contributed by atoms with E-state index in [0.29, 0.717) is 28.8 Å². The van der Waals surface area contributed by atoms with Crippen LogP contribution >= 0.6 is 0 Å². The van der Waals surface area contributed by atoms with Crippen LogP contribution in [-0.4, -0.2) is 29.9 Å². The SMILES string of the molecule is COc1cc(OC)cc(C(=O)Nc2cc(C)n(-c3ccc(C(C)C)cc3)n2)c1. The van der Waals surface area contributed by atoms with Crippen molar-refractivity contribution in [2.45, 2.75) is 26.7 Å². The molecule has 0 saturated heterocycles. The molecule has 28 heavy (non-hydrogen) atoms. The summed E-state index contributed by atoms with van der Waals surface area (Å²) in [4.78, 5) is 12.7. The van der Waals surface area contributed by atoms with E-state index in [2.05, 4.69) is 36.4 Å². The number of hydrogen-bond donors (Lipinski definition) is 1. The van der Waals surface area contributed by atoms with Crippen molar-refractivity contribution >= 4 is 11.7 Å². The van der Waals surface area contributed by atoms with Crippen LogP contribution in [0.1, 0.15) is 41.4 Å². The van der Waals surface area contributed by atoms with Gasteiger partial charge in [-0.1, -0.05) is 26.0 Å². The number of hydrogen-bond acceptors (Lipinski definition) is 4. The van der Waals surface area contributed by atoms with E-state index in [4.69, 9.17) is 9.47 Å². The van der Waals surface area contributed by atoms with Gasteiger partial charge in [0.1, 0.15) is 11.5 Å². The summed E-state index contributed by atoms with van der Waals surface area (Å²) in [6.07, 6.45) is 0. The van der Waals surface area contributed by atoms with Gasteiger partial charge in [0.2, 0.25) is 0 Å². The number of carbonyl (C=O) groups excluding carboxylic acids is 1. The van der Waals surface area contributed by atoms with Crippen LogP contribution in [0.25, 0.3) is 5.69 Å². The second kappa shape index (κ2) is 8.17. The first kappa shape index (κ1) is 19.5. The topological polar surface area (TPSA) is 65.4 Å². The highest BCUT2D eigenvalue weighted by Gasteiger charge is 2.13. The normalized spacial score (nSPS) is 10.8. The van der Waals surface area contributed by atoms with E-state index in [-0.39, 0.29) is 5.91 Å². The molecule has 3 aromatic rings. The highest BCUT2D eigenvalue weighted by molar-refractivity contribution is 6.04. The molecule has 0 fully saturated rings. The Kier molecular flexibility index (Phi) is 5.68. The molecule has 0 aliphatic rings. The average Bonchev–Trinajstić information content (AvgIpc) is 3.07. The highest BCUT2D eigenvalue weighted by atomic mass is 16.5. The van der Waals surface area contributed by atoms with Crippen molar-refractivity contribution in [2.24, 2.45) is 0 Å². The minimum absolute atomic E-state index is 0.281. The Morgan fingerprint density at radius 3 is 2.14 bits per heavy atom. The van der Waals surface area contributed by atoms with E-state index in [0.717, 1.165) is 11.4 Å². The van der Waals surface area contributed by atoms with Gasteiger partial charge in [-0.05, 0) is 42.7 Å². The van der Waals surface area contributed by atoms with Gasteiger partial charge >= 0.3 is 0 Å². The fourth-order valence-electron chi connectivity index (χ4n) is 2.92. The van der Waals surface area contributed by atoms with Crippen molar-refractivity contribution in [1.29, 1.82) is 0 Å². The molecule has 2 aromatic carbocycles. The van der Waals surface area contributed by atoms with E-state index >= 15 is 0 Å². The lowest BCUT2D eigenvalue weighted by atomic mass is 10.0. The Morgan fingerprint density at radius 2 is 1.61 bits per heavy atom. The third kappa shape index (κ3) is 4.17. The average molecular weight is 379 g/mol. The summed E-state index contributed by atoms with van der Waals surface area (Å²) < 4.78 is 12.3. The Balaban J connectivity index is 1.82. The minimum Gasteiger partial charge on any atom is -0.497 e. The zero-order chi connectivity index (χ0) is 20.3. The second-order valence-electron chi connectivity index (χ2n) is 6.88. The van der Waals surface area contributed by atoms with E-state index in [1.165, 1.54) is 5.56 Å². The molecule has 1 amide bonds. The largest absolute Gasteiger partial charge is 0.497 e. The molecule has 0 unspecified atom stereocenters. The van der Waals surface area contributed by atoms with E-state index < -0.39 is 0 Å². The summed E-state index contributed by atoms with van der Waals surface area (Å²) in [6.45, 7) is 6.28. The molecule has 1 aromatic heterocycles. The van der Waals surface area contributed by atoms with Crippen molar-refractivity contribution in [1.82, 2.24) is 9.78 Å². The summed E-state index contributed by atoms with van der Waals surface area (Å²) >= 11 is 0. The predicted molar refractivity (Wildman–Crippen MR) is 110 cm³/mol. The van der Waals surface area contributed by atoms with Crippen molar-refractivity contribution in [3.8, 4) is 17.2 Å². The number of aromatic nitrogens is 2. The van der Waals surface area contributed by atoms with Crippen molar-refractivity contribution < 1.29 is 14.3 Å². The van der Waals surface area contributed by atoms with Gasteiger partial charge in [0.15, 0.2) is 5.82 Å². The fraction of sp³-hybridized carbons (Fsp3) is 0.273. The lowest BCUT2D eigenvalue weighted by Gasteiger charge is -2.09. The maximum atomic E-state index is 12.7. The lowest BCUT2D eigenvalue weighted by Crippen LogP contribution is -2.13. The van der Waals surface area contributed by atoms with Crippen molar-refractivity contribution in [3.05, 3.63) is 65.4 Å². The maximum Gasteiger partial charge on any atom is 0.257 e. The first-order valence-corrected chi connectivity index (χ1v) is 9.12. The van der Waals surface area contributed by atoms with Crippen LogP contribution in [0.15, 0.2) is 48.5 Å². The minimum atomic E-state index is -0.281. The van der Waals surface area contributed by atoms with Gasteiger partial charge in [0.05, 0.1) is 19.9 Å². The van der Waals surface area contributed by atoms with E-state index in [1.807, 2.05) is 29.8 Å². The molecule has 0 bridgehead atoms. The first-order chi connectivity index (χ1) is 13.4. The fourth-order valence-corrected chi connectivity index (χ4v) is 2.92. The number of rotatable bonds is 6. The van der Waals surface area contributed by atoms with Crippen LogP contribution in [0.3, 0.4) is 0 Å². The number of aryl methyl sites for hydroxylation is 1. The Morgan fingerprint density at radius 1 is 1.00 bits per heavy atom. The van der Waals surface area contributed by atoms with Crippen LogP contribution in [0.2, 0.25) is 0 Å². The molecule has 6 heteroatoms. The number of amides is 1. The summed E-state index contributed by atoms with van der Waals surface area (Å²) in [7, 11) is 3.10. The van der Waals surface area contributed by atoms with Gasteiger partial charge in [-0.2, -0.15) is 0 Å². The molecule has 0 saturated carbocycles. The zero-order valence-corrected chi connectivity index (χ0v) is 16.8. The number of ether oxygens (including phenoxy) is 2. The molecule has 6 nitrogen and oxygen atoms in total. The quantitative estimate of drug-likeness (QED) is 0.681. The van der Waals surface area contributed by atoms with Crippen LogP contribution in [0.5, 0.6) is 11.5 Å². The number of nitrogens with zero attached hydrogens (tertiary/aromatic N) is 2. The molecule has 146 valence electrons.